The van der Waals surface area contributed by atoms with Crippen molar-refractivity contribution in [3.63, 3.8) is 0 Å². The molecule has 0 fully saturated rings. The third-order valence-corrected chi connectivity index (χ3v) is 3.71. The first-order chi connectivity index (χ1) is 11.5. The number of carbonyl (C=O) groups is 1. The van der Waals surface area contributed by atoms with Gasteiger partial charge in [0.15, 0.2) is 0 Å². The van der Waals surface area contributed by atoms with E-state index in [-0.39, 0.29) is 18.8 Å². The molecule has 2 aromatic carbocycles. The largest absolute Gasteiger partial charge is 0.490 e. The van der Waals surface area contributed by atoms with E-state index in [0.717, 1.165) is 12.1 Å². The number of hydroxylamine groups is 2. The number of hydrogen-bond donors (Lipinski definition) is 2. The summed E-state index contributed by atoms with van der Waals surface area (Å²) in [4.78, 5) is 11.0. The second kappa shape index (κ2) is 6.32. The van der Waals surface area contributed by atoms with Crippen LogP contribution in [-0.2, 0) is 6.61 Å². The molecule has 1 aliphatic heterocycles. The highest BCUT2D eigenvalue weighted by Crippen LogP contribution is 2.38. The lowest BCUT2D eigenvalue weighted by Crippen LogP contribution is -2.36. The van der Waals surface area contributed by atoms with Crippen molar-refractivity contribution in [1.82, 2.24) is 5.06 Å². The quantitative estimate of drug-likeness (QED) is 0.664. The molecule has 0 radical (unpaired) electrons. The van der Waals surface area contributed by atoms with Gasteiger partial charge >= 0.3 is 6.03 Å². The van der Waals surface area contributed by atoms with Gasteiger partial charge in [0, 0.05) is 11.6 Å². The third kappa shape index (κ3) is 2.95. The van der Waals surface area contributed by atoms with Gasteiger partial charge in [0.05, 0.1) is 5.56 Å². The molecule has 2 aromatic rings. The average molecular weight is 336 g/mol. The van der Waals surface area contributed by atoms with Gasteiger partial charge < -0.3 is 15.2 Å². The van der Waals surface area contributed by atoms with E-state index in [1.54, 1.807) is 12.1 Å². The van der Waals surface area contributed by atoms with Gasteiger partial charge in [0.1, 0.15) is 42.4 Å². The van der Waals surface area contributed by atoms with E-state index >= 15 is 0 Å². The van der Waals surface area contributed by atoms with Crippen LogP contribution in [0.3, 0.4) is 0 Å². The van der Waals surface area contributed by atoms with E-state index in [0.29, 0.717) is 22.1 Å². The fourth-order valence-corrected chi connectivity index (χ4v) is 2.44. The number of benzene rings is 2. The summed E-state index contributed by atoms with van der Waals surface area (Å²) < 4.78 is 37.9. The van der Waals surface area contributed by atoms with Gasteiger partial charge in [0.25, 0.3) is 0 Å². The number of carbonyl (C=O) groups excluding carboxylic acids is 1. The van der Waals surface area contributed by atoms with Gasteiger partial charge in [-0.25, -0.2) is 13.6 Å². The van der Waals surface area contributed by atoms with Gasteiger partial charge in [-0.2, -0.15) is 5.06 Å². The lowest BCUT2D eigenvalue weighted by molar-refractivity contribution is -0.0798. The normalized spacial score (nSPS) is 15.5. The molecule has 0 saturated carbocycles. The Morgan fingerprint density at radius 3 is 2.71 bits per heavy atom. The topological polar surface area (TPSA) is 85.0 Å². The van der Waals surface area contributed by atoms with Crippen LogP contribution in [0.25, 0.3) is 0 Å². The van der Waals surface area contributed by atoms with E-state index in [4.69, 9.17) is 15.2 Å². The molecule has 1 unspecified atom stereocenters. The lowest BCUT2D eigenvalue weighted by Gasteiger charge is -2.18. The number of rotatable bonds is 4. The zero-order chi connectivity index (χ0) is 17.3. The Kier molecular flexibility index (Phi) is 4.22. The van der Waals surface area contributed by atoms with E-state index in [9.17, 15) is 18.8 Å². The maximum atomic E-state index is 13.6. The summed E-state index contributed by atoms with van der Waals surface area (Å²) in [6.45, 7) is -0.242. The summed E-state index contributed by atoms with van der Waals surface area (Å²) in [6, 6.07) is 6.53. The molecular weight excluding hydrogens is 322 g/mol. The average Bonchev–Trinajstić information content (AvgIpc) is 2.96. The van der Waals surface area contributed by atoms with Crippen LogP contribution in [0.15, 0.2) is 36.4 Å². The highest BCUT2D eigenvalue weighted by atomic mass is 19.1. The molecule has 1 heterocycles. The zero-order valence-electron chi connectivity index (χ0n) is 12.4. The van der Waals surface area contributed by atoms with Gasteiger partial charge in [-0.3, -0.25) is 5.21 Å². The Morgan fingerprint density at radius 1 is 1.33 bits per heavy atom. The monoisotopic (exact) mass is 336 g/mol. The van der Waals surface area contributed by atoms with Crippen molar-refractivity contribution in [2.24, 2.45) is 5.73 Å². The van der Waals surface area contributed by atoms with Gasteiger partial charge in [0.2, 0.25) is 0 Å². The zero-order valence-corrected chi connectivity index (χ0v) is 12.4. The molecule has 0 bridgehead atoms. The van der Waals surface area contributed by atoms with Gasteiger partial charge in [-0.05, 0) is 24.3 Å². The second-order valence-corrected chi connectivity index (χ2v) is 5.20. The first-order valence-electron chi connectivity index (χ1n) is 7.07. The summed E-state index contributed by atoms with van der Waals surface area (Å²) >= 11 is 0. The van der Waals surface area contributed by atoms with Crippen molar-refractivity contribution in [3.05, 3.63) is 59.2 Å². The minimum atomic E-state index is -0.994. The molecule has 3 rings (SSSR count). The molecule has 3 N–H and O–H groups in total. The highest BCUT2D eigenvalue weighted by Gasteiger charge is 2.31. The van der Waals surface area contributed by atoms with E-state index in [1.165, 1.54) is 12.1 Å². The van der Waals surface area contributed by atoms with Crippen molar-refractivity contribution >= 4 is 6.03 Å². The lowest BCUT2D eigenvalue weighted by atomic mass is 10.1. The molecule has 1 atom stereocenters. The Hall–Kier alpha value is -2.87. The Bertz CT molecular complexity index is 764. The fraction of sp³-hybridized carbons (Fsp3) is 0.188. The summed E-state index contributed by atoms with van der Waals surface area (Å²) in [5.74, 6) is -0.651. The summed E-state index contributed by atoms with van der Waals surface area (Å²) in [6.07, 6.45) is 0. The van der Waals surface area contributed by atoms with Crippen molar-refractivity contribution in [3.8, 4) is 11.5 Å². The van der Waals surface area contributed by atoms with Gasteiger partial charge in [-0.15, -0.1) is 0 Å². The smallest absolute Gasteiger partial charge is 0.339 e. The molecule has 0 aromatic heterocycles. The van der Waals surface area contributed by atoms with Crippen LogP contribution in [0.4, 0.5) is 13.6 Å². The molecule has 126 valence electrons. The number of nitrogens with two attached hydrogens (primary N) is 1. The molecule has 8 heteroatoms. The van der Waals surface area contributed by atoms with E-state index in [2.05, 4.69) is 0 Å². The molecule has 0 saturated heterocycles. The molecular formula is C16H14F2N2O4. The maximum Gasteiger partial charge on any atom is 0.339 e. The SMILES string of the molecule is NC(=O)N(O)C1COc2cc(OCc3c(F)cccc3F)ccc21. The highest BCUT2D eigenvalue weighted by molar-refractivity contribution is 5.71. The number of nitrogens with zero attached hydrogens (tertiary/aromatic N) is 1. The summed E-state index contributed by atoms with van der Waals surface area (Å²) in [5, 5.41) is 10.0. The molecule has 2 amide bonds. The van der Waals surface area contributed by atoms with Crippen LogP contribution >= 0.6 is 0 Å². The van der Waals surface area contributed by atoms with Crippen LogP contribution < -0.4 is 15.2 Å². The Morgan fingerprint density at radius 2 is 2.04 bits per heavy atom. The van der Waals surface area contributed by atoms with E-state index in [1.807, 2.05) is 0 Å². The molecule has 6 nitrogen and oxygen atoms in total. The molecule has 24 heavy (non-hydrogen) atoms. The second-order valence-electron chi connectivity index (χ2n) is 5.20. The van der Waals surface area contributed by atoms with E-state index < -0.39 is 23.7 Å². The number of primary amides is 1. The number of hydrogen-bond acceptors (Lipinski definition) is 4. The number of urea groups is 1. The first kappa shape index (κ1) is 16.0. The summed E-state index contributed by atoms with van der Waals surface area (Å²) in [5.41, 5.74) is 5.41. The molecule has 1 aliphatic rings. The standard InChI is InChI=1S/C16H14F2N2O4/c17-12-2-1-3-13(18)11(12)7-23-9-4-5-10-14(20(22)16(19)21)8-24-15(10)6-9/h1-6,14,22H,7-8H2,(H2,19,21). The van der Waals surface area contributed by atoms with Crippen molar-refractivity contribution in [2.75, 3.05) is 6.61 Å². The van der Waals surface area contributed by atoms with Crippen LogP contribution in [0, 0.1) is 11.6 Å². The summed E-state index contributed by atoms with van der Waals surface area (Å²) in [7, 11) is 0. The number of fused-ring (bicyclic) bond motifs is 1. The van der Waals surface area contributed by atoms with Gasteiger partial charge in [-0.1, -0.05) is 6.07 Å². The van der Waals surface area contributed by atoms with Crippen LogP contribution in [0.2, 0.25) is 0 Å². The Labute approximate surface area is 136 Å². The Balaban J connectivity index is 1.75. The van der Waals surface area contributed by atoms with Crippen molar-refractivity contribution < 1.29 is 28.3 Å². The molecule has 0 aliphatic carbocycles. The number of amides is 2. The van der Waals surface area contributed by atoms with Crippen molar-refractivity contribution in [1.29, 1.82) is 0 Å². The fourth-order valence-electron chi connectivity index (χ4n) is 2.44. The minimum Gasteiger partial charge on any atom is -0.490 e. The molecule has 0 spiro atoms. The number of ether oxygens (including phenoxy) is 2. The first-order valence-corrected chi connectivity index (χ1v) is 7.07. The predicted octanol–water partition coefficient (Wildman–Crippen LogP) is 2.75. The van der Waals surface area contributed by atoms with Crippen LogP contribution in [0.1, 0.15) is 17.2 Å². The maximum absolute atomic E-state index is 13.6. The van der Waals surface area contributed by atoms with Crippen LogP contribution in [0.5, 0.6) is 11.5 Å². The third-order valence-electron chi connectivity index (χ3n) is 3.71. The minimum absolute atomic E-state index is 0.0418. The van der Waals surface area contributed by atoms with Crippen molar-refractivity contribution in [2.45, 2.75) is 12.6 Å². The number of halogens is 2. The van der Waals surface area contributed by atoms with Crippen LogP contribution in [-0.4, -0.2) is 22.9 Å². The predicted molar refractivity (Wildman–Crippen MR) is 78.6 cm³/mol.